The van der Waals surface area contributed by atoms with E-state index in [1.807, 2.05) is 0 Å². The summed E-state index contributed by atoms with van der Waals surface area (Å²) < 4.78 is 31.0. The molecule has 1 N–H and O–H groups in total. The molecule has 0 saturated heterocycles. The largest absolute Gasteiger partial charge is 0.475 e. The molecule has 0 atom stereocenters. The number of hydrogen-bond donors (Lipinski definition) is 1. The van der Waals surface area contributed by atoms with Crippen molar-refractivity contribution >= 4 is 31.9 Å². The minimum atomic E-state index is -3.74. The van der Waals surface area contributed by atoms with E-state index in [-0.39, 0.29) is 15.6 Å². The highest BCUT2D eigenvalue weighted by molar-refractivity contribution is 9.10. The van der Waals surface area contributed by atoms with Crippen LogP contribution in [-0.4, -0.2) is 36.9 Å². The van der Waals surface area contributed by atoms with Gasteiger partial charge in [0.05, 0.1) is 0 Å². The van der Waals surface area contributed by atoms with Gasteiger partial charge in [-0.3, -0.25) is 0 Å². The molecule has 1 aromatic rings. The van der Waals surface area contributed by atoms with Crippen molar-refractivity contribution in [1.82, 2.24) is 4.31 Å². The summed E-state index contributed by atoms with van der Waals surface area (Å²) in [6, 6.07) is 1.01. The van der Waals surface area contributed by atoms with Gasteiger partial charge in [0.15, 0.2) is 4.67 Å². The maximum Gasteiger partial charge on any atom is 0.371 e. The molecule has 0 spiro atoms. The Balaban J connectivity index is 2.35. The zero-order valence-corrected chi connectivity index (χ0v) is 12.7. The number of rotatable bonds is 4. The maximum atomic E-state index is 12.4. The molecule has 1 aromatic heterocycles. The number of hydrogen-bond acceptors (Lipinski definition) is 4. The Labute approximate surface area is 119 Å². The molecule has 1 aliphatic rings. The summed E-state index contributed by atoms with van der Waals surface area (Å²) in [5.41, 5.74) is 0. The van der Waals surface area contributed by atoms with E-state index in [1.165, 1.54) is 11.4 Å². The van der Waals surface area contributed by atoms with E-state index < -0.39 is 21.8 Å². The molecule has 106 valence electrons. The fourth-order valence-corrected chi connectivity index (χ4v) is 4.57. The molecule has 2 rings (SSSR count). The van der Waals surface area contributed by atoms with Gasteiger partial charge in [0, 0.05) is 19.2 Å². The number of carbonyl (C=O) groups is 1. The Bertz CT molecular complexity index is 588. The van der Waals surface area contributed by atoms with Crippen molar-refractivity contribution in [3.05, 3.63) is 16.5 Å². The SMILES string of the molecule is CN(C1CCCC1)S(=O)(=O)c1cc(C(=O)O)oc1Br. The highest BCUT2D eigenvalue weighted by Gasteiger charge is 2.33. The van der Waals surface area contributed by atoms with Crippen molar-refractivity contribution in [2.24, 2.45) is 0 Å². The van der Waals surface area contributed by atoms with Gasteiger partial charge in [-0.2, -0.15) is 4.31 Å². The van der Waals surface area contributed by atoms with Gasteiger partial charge in [0.25, 0.3) is 0 Å². The van der Waals surface area contributed by atoms with E-state index in [9.17, 15) is 13.2 Å². The van der Waals surface area contributed by atoms with Crippen LogP contribution in [0.2, 0.25) is 0 Å². The van der Waals surface area contributed by atoms with E-state index in [4.69, 9.17) is 9.52 Å². The minimum absolute atomic E-state index is 0.0277. The maximum absolute atomic E-state index is 12.4. The van der Waals surface area contributed by atoms with E-state index in [2.05, 4.69) is 15.9 Å². The zero-order valence-electron chi connectivity index (χ0n) is 10.3. The predicted octanol–water partition coefficient (Wildman–Crippen LogP) is 2.30. The highest BCUT2D eigenvalue weighted by atomic mass is 79.9. The van der Waals surface area contributed by atoms with Crippen molar-refractivity contribution < 1.29 is 22.7 Å². The molecule has 0 aromatic carbocycles. The molecular formula is C11H14BrNO5S. The molecule has 1 saturated carbocycles. The lowest BCUT2D eigenvalue weighted by molar-refractivity contribution is 0.0661. The van der Waals surface area contributed by atoms with Gasteiger partial charge < -0.3 is 9.52 Å². The van der Waals surface area contributed by atoms with Crippen LogP contribution in [0.1, 0.15) is 36.2 Å². The first-order chi connectivity index (χ1) is 8.84. The predicted molar refractivity (Wildman–Crippen MR) is 70.6 cm³/mol. The van der Waals surface area contributed by atoms with Crippen LogP contribution in [0.4, 0.5) is 0 Å². The third kappa shape index (κ3) is 2.70. The molecule has 0 aliphatic heterocycles. The van der Waals surface area contributed by atoms with Crippen molar-refractivity contribution in [3.8, 4) is 0 Å². The second-order valence-electron chi connectivity index (χ2n) is 4.51. The van der Waals surface area contributed by atoms with Gasteiger partial charge in [-0.15, -0.1) is 0 Å². The Morgan fingerprint density at radius 1 is 1.47 bits per heavy atom. The van der Waals surface area contributed by atoms with Gasteiger partial charge in [-0.05, 0) is 28.8 Å². The normalized spacial score (nSPS) is 17.2. The van der Waals surface area contributed by atoms with Crippen molar-refractivity contribution in [2.75, 3.05) is 7.05 Å². The quantitative estimate of drug-likeness (QED) is 0.898. The highest BCUT2D eigenvalue weighted by Crippen LogP contribution is 2.32. The van der Waals surface area contributed by atoms with Crippen LogP contribution in [0, 0.1) is 0 Å². The Morgan fingerprint density at radius 3 is 2.53 bits per heavy atom. The summed E-state index contributed by atoms with van der Waals surface area (Å²) >= 11 is 2.96. The first-order valence-corrected chi connectivity index (χ1v) is 8.08. The number of halogens is 1. The third-order valence-electron chi connectivity index (χ3n) is 3.36. The fraction of sp³-hybridized carbons (Fsp3) is 0.545. The lowest BCUT2D eigenvalue weighted by Crippen LogP contribution is -2.35. The summed E-state index contributed by atoms with van der Waals surface area (Å²) in [7, 11) is -2.22. The molecule has 1 aliphatic carbocycles. The Kier molecular flexibility index (Phi) is 4.03. The van der Waals surface area contributed by atoms with Crippen molar-refractivity contribution in [1.29, 1.82) is 0 Å². The molecule has 0 radical (unpaired) electrons. The number of aromatic carboxylic acids is 1. The summed E-state index contributed by atoms with van der Waals surface area (Å²) in [4.78, 5) is 10.7. The molecule has 0 unspecified atom stereocenters. The van der Waals surface area contributed by atoms with E-state index >= 15 is 0 Å². The van der Waals surface area contributed by atoms with E-state index in [0.29, 0.717) is 0 Å². The molecule has 0 amide bonds. The second-order valence-corrected chi connectivity index (χ2v) is 7.20. The van der Waals surface area contributed by atoms with Crippen molar-refractivity contribution in [2.45, 2.75) is 36.6 Å². The Morgan fingerprint density at radius 2 is 2.05 bits per heavy atom. The summed E-state index contributed by atoms with van der Waals surface area (Å²) in [6.07, 6.45) is 3.68. The average Bonchev–Trinajstić information content (AvgIpc) is 2.96. The fourth-order valence-electron chi connectivity index (χ4n) is 2.25. The summed E-state index contributed by atoms with van der Waals surface area (Å²) in [5.74, 6) is -1.70. The number of carboxylic acids is 1. The number of furan rings is 1. The molecule has 19 heavy (non-hydrogen) atoms. The number of nitrogens with zero attached hydrogens (tertiary/aromatic N) is 1. The lowest BCUT2D eigenvalue weighted by Gasteiger charge is -2.22. The topological polar surface area (TPSA) is 87.8 Å². The monoisotopic (exact) mass is 351 g/mol. The van der Waals surface area contributed by atoms with Crippen LogP contribution in [-0.2, 0) is 10.0 Å². The summed E-state index contributed by atoms with van der Waals surface area (Å²) in [5, 5.41) is 8.82. The standard InChI is InChI=1S/C11H14BrNO5S/c1-13(7-4-2-3-5-7)19(16,17)9-6-8(11(14)15)18-10(9)12/h6-7H,2-5H2,1H3,(H,14,15). The van der Waals surface area contributed by atoms with Gasteiger partial charge in [-0.1, -0.05) is 12.8 Å². The van der Waals surface area contributed by atoms with Crippen LogP contribution in [0.25, 0.3) is 0 Å². The van der Waals surface area contributed by atoms with Crippen LogP contribution in [0.5, 0.6) is 0 Å². The van der Waals surface area contributed by atoms with E-state index in [1.54, 1.807) is 0 Å². The molecule has 1 fully saturated rings. The van der Waals surface area contributed by atoms with Gasteiger partial charge >= 0.3 is 5.97 Å². The zero-order chi connectivity index (χ0) is 14.2. The number of carboxylic acid groups (broad SMARTS) is 1. The summed E-state index contributed by atoms with van der Waals surface area (Å²) in [6.45, 7) is 0. The van der Waals surface area contributed by atoms with Gasteiger partial charge in [0.1, 0.15) is 4.90 Å². The first kappa shape index (κ1) is 14.5. The molecule has 0 bridgehead atoms. The molecule has 1 heterocycles. The molecule has 6 nitrogen and oxygen atoms in total. The van der Waals surface area contributed by atoms with Gasteiger partial charge in [0.2, 0.25) is 15.8 Å². The van der Waals surface area contributed by atoms with Gasteiger partial charge in [-0.25, -0.2) is 13.2 Å². The van der Waals surface area contributed by atoms with Crippen molar-refractivity contribution in [3.63, 3.8) is 0 Å². The Hall–Kier alpha value is -0.860. The van der Waals surface area contributed by atoms with Crippen LogP contribution in [0.3, 0.4) is 0 Å². The molecule has 8 heteroatoms. The second kappa shape index (κ2) is 5.26. The van der Waals surface area contributed by atoms with Crippen LogP contribution >= 0.6 is 15.9 Å². The lowest BCUT2D eigenvalue weighted by atomic mass is 10.3. The minimum Gasteiger partial charge on any atom is -0.475 e. The van der Waals surface area contributed by atoms with Crippen LogP contribution < -0.4 is 0 Å². The average molecular weight is 352 g/mol. The van der Waals surface area contributed by atoms with Crippen LogP contribution in [0.15, 0.2) is 20.0 Å². The first-order valence-electron chi connectivity index (χ1n) is 5.84. The van der Waals surface area contributed by atoms with E-state index in [0.717, 1.165) is 31.7 Å². The third-order valence-corrected chi connectivity index (χ3v) is 6.13. The smallest absolute Gasteiger partial charge is 0.371 e. The number of sulfonamides is 1. The molecular weight excluding hydrogens is 338 g/mol.